The summed E-state index contributed by atoms with van der Waals surface area (Å²) in [5, 5.41) is 4.22. The first-order valence-corrected chi connectivity index (χ1v) is 13.7. The molecular formula is C25H22BrF2N2O2P. The van der Waals surface area contributed by atoms with Crippen LogP contribution in [-0.4, -0.2) is 23.5 Å². The van der Waals surface area contributed by atoms with Crippen LogP contribution in [0.15, 0.2) is 87.9 Å². The molecule has 0 N–H and O–H groups in total. The Balaban J connectivity index is 1.69. The Morgan fingerprint density at radius 1 is 1.00 bits per heavy atom. The molecule has 0 aliphatic rings. The lowest BCUT2D eigenvalue weighted by atomic mass is 9.91. The summed E-state index contributed by atoms with van der Waals surface area (Å²) in [5.74, 6) is 0.690. The van der Waals surface area contributed by atoms with Crippen LogP contribution in [0.2, 0.25) is 0 Å². The van der Waals surface area contributed by atoms with E-state index in [1.54, 1.807) is 12.1 Å². The second-order valence-corrected chi connectivity index (χ2v) is 12.3. The van der Waals surface area contributed by atoms with Crippen LogP contribution in [-0.2, 0) is 16.6 Å². The standard InChI is InChI=1S/C25H22BrF2N2O2P/c1-33(2,31)25(27,28)21-14-13-17(16-22(21)26)15-20(18-9-5-3-6-10-18)23-29-24(32-30-23)19-11-7-4-8-12-19/h3-14,16,20H,15H2,1-2H3. The summed E-state index contributed by atoms with van der Waals surface area (Å²) in [6, 6.07) is 23.9. The van der Waals surface area contributed by atoms with Gasteiger partial charge in [-0.05, 0) is 49.1 Å². The van der Waals surface area contributed by atoms with Gasteiger partial charge < -0.3 is 9.09 Å². The highest BCUT2D eigenvalue weighted by atomic mass is 79.9. The summed E-state index contributed by atoms with van der Waals surface area (Å²) in [5.41, 5.74) is -1.08. The van der Waals surface area contributed by atoms with Gasteiger partial charge in [-0.2, -0.15) is 13.8 Å². The normalized spacial score (nSPS) is 13.1. The van der Waals surface area contributed by atoms with Crippen LogP contribution in [0.4, 0.5) is 8.78 Å². The third-order valence-corrected chi connectivity index (χ3v) is 7.70. The molecule has 33 heavy (non-hydrogen) atoms. The number of halogens is 3. The number of rotatable bonds is 7. The van der Waals surface area contributed by atoms with E-state index in [1.165, 1.54) is 6.07 Å². The second kappa shape index (κ2) is 9.32. The monoisotopic (exact) mass is 530 g/mol. The fourth-order valence-corrected chi connectivity index (χ4v) is 5.18. The van der Waals surface area contributed by atoms with E-state index in [-0.39, 0.29) is 16.0 Å². The third kappa shape index (κ3) is 4.99. The summed E-state index contributed by atoms with van der Waals surface area (Å²) < 4.78 is 47.3. The maximum Gasteiger partial charge on any atom is 0.323 e. The average molecular weight is 531 g/mol. The van der Waals surface area contributed by atoms with E-state index in [2.05, 4.69) is 26.1 Å². The zero-order valence-corrected chi connectivity index (χ0v) is 20.6. The van der Waals surface area contributed by atoms with Crippen molar-refractivity contribution < 1.29 is 17.9 Å². The number of benzene rings is 3. The number of aromatic nitrogens is 2. The first-order chi connectivity index (χ1) is 15.7. The average Bonchev–Trinajstić information content (AvgIpc) is 3.28. The summed E-state index contributed by atoms with van der Waals surface area (Å²) in [6.45, 7) is 2.19. The summed E-state index contributed by atoms with van der Waals surface area (Å²) in [6.07, 6.45) is 0.470. The maximum absolute atomic E-state index is 14.7. The van der Waals surface area contributed by atoms with Crippen LogP contribution in [0.1, 0.15) is 28.4 Å². The second-order valence-electron chi connectivity index (χ2n) is 8.20. The Kier molecular flexibility index (Phi) is 6.64. The molecule has 0 fully saturated rings. The first kappa shape index (κ1) is 23.5. The molecule has 4 rings (SSSR count). The largest absolute Gasteiger partial charge is 0.334 e. The molecule has 0 aliphatic heterocycles. The molecule has 0 saturated carbocycles. The quantitative estimate of drug-likeness (QED) is 0.231. The Hall–Kier alpha value is -2.63. The van der Waals surface area contributed by atoms with Crippen molar-refractivity contribution in [3.8, 4) is 11.5 Å². The van der Waals surface area contributed by atoms with Gasteiger partial charge in [0.05, 0.1) is 5.92 Å². The molecule has 170 valence electrons. The lowest BCUT2D eigenvalue weighted by Crippen LogP contribution is -2.14. The predicted octanol–water partition coefficient (Wildman–Crippen LogP) is 7.55. The van der Waals surface area contributed by atoms with Gasteiger partial charge in [0.1, 0.15) is 0 Å². The van der Waals surface area contributed by atoms with Crippen LogP contribution in [0.3, 0.4) is 0 Å². The molecule has 0 spiro atoms. The minimum absolute atomic E-state index is 0.221. The third-order valence-electron chi connectivity index (χ3n) is 5.45. The highest BCUT2D eigenvalue weighted by Gasteiger charge is 2.45. The molecule has 1 atom stereocenters. The van der Waals surface area contributed by atoms with Gasteiger partial charge in [-0.25, -0.2) is 0 Å². The van der Waals surface area contributed by atoms with E-state index < -0.39 is 12.8 Å². The predicted molar refractivity (Wildman–Crippen MR) is 129 cm³/mol. The molecule has 1 aromatic heterocycles. The molecule has 0 amide bonds. The van der Waals surface area contributed by atoms with E-state index in [4.69, 9.17) is 4.52 Å². The van der Waals surface area contributed by atoms with Crippen molar-refractivity contribution in [3.05, 3.63) is 106 Å². The topological polar surface area (TPSA) is 56.0 Å². The van der Waals surface area contributed by atoms with Gasteiger partial charge in [0, 0.05) is 15.6 Å². The van der Waals surface area contributed by atoms with E-state index >= 15 is 0 Å². The van der Waals surface area contributed by atoms with Crippen molar-refractivity contribution in [3.63, 3.8) is 0 Å². The highest BCUT2D eigenvalue weighted by molar-refractivity contribution is 9.10. The van der Waals surface area contributed by atoms with Crippen LogP contribution < -0.4 is 0 Å². The van der Waals surface area contributed by atoms with E-state index in [9.17, 15) is 13.3 Å². The number of nitrogens with zero attached hydrogens (tertiary/aromatic N) is 2. The smallest absolute Gasteiger partial charge is 0.323 e. The number of hydrogen-bond acceptors (Lipinski definition) is 4. The lowest BCUT2D eigenvalue weighted by molar-refractivity contribution is 0.0885. The van der Waals surface area contributed by atoms with E-state index in [0.29, 0.717) is 18.1 Å². The maximum atomic E-state index is 14.7. The Labute approximate surface area is 199 Å². The molecule has 0 saturated heterocycles. The molecule has 1 heterocycles. The molecule has 1 unspecified atom stereocenters. The Bertz CT molecular complexity index is 1290. The lowest BCUT2D eigenvalue weighted by Gasteiger charge is -2.23. The van der Waals surface area contributed by atoms with Crippen LogP contribution in [0.5, 0.6) is 0 Å². The van der Waals surface area contributed by atoms with Crippen molar-refractivity contribution in [2.45, 2.75) is 18.0 Å². The summed E-state index contributed by atoms with van der Waals surface area (Å²) in [7, 11) is -3.68. The van der Waals surface area contributed by atoms with Crippen molar-refractivity contribution in [2.24, 2.45) is 0 Å². The summed E-state index contributed by atoms with van der Waals surface area (Å²) >= 11 is 3.26. The van der Waals surface area contributed by atoms with Gasteiger partial charge in [0.25, 0.3) is 5.89 Å². The van der Waals surface area contributed by atoms with Crippen molar-refractivity contribution in [1.82, 2.24) is 10.1 Å². The van der Waals surface area contributed by atoms with Gasteiger partial charge in [0.15, 0.2) is 13.0 Å². The van der Waals surface area contributed by atoms with E-state index in [1.807, 2.05) is 60.7 Å². The minimum Gasteiger partial charge on any atom is -0.334 e. The molecule has 4 aromatic rings. The molecule has 8 heteroatoms. The fraction of sp³-hybridized carbons (Fsp3) is 0.200. The molecule has 3 aromatic carbocycles. The van der Waals surface area contributed by atoms with Gasteiger partial charge in [-0.3, -0.25) is 0 Å². The molecule has 0 radical (unpaired) electrons. The summed E-state index contributed by atoms with van der Waals surface area (Å²) in [4.78, 5) is 4.62. The van der Waals surface area contributed by atoms with E-state index in [0.717, 1.165) is 30.0 Å². The van der Waals surface area contributed by atoms with Crippen LogP contribution >= 0.6 is 23.1 Å². The van der Waals surface area contributed by atoms with Crippen LogP contribution in [0, 0.1) is 0 Å². The van der Waals surface area contributed by atoms with Crippen molar-refractivity contribution >= 4 is 23.1 Å². The van der Waals surface area contributed by atoms with Crippen LogP contribution in [0.25, 0.3) is 11.5 Å². The molecule has 0 aliphatic carbocycles. The first-order valence-electron chi connectivity index (χ1n) is 10.3. The Morgan fingerprint density at radius 2 is 1.64 bits per heavy atom. The molecular weight excluding hydrogens is 509 g/mol. The van der Waals surface area contributed by atoms with Gasteiger partial charge in [0.2, 0.25) is 0 Å². The SMILES string of the molecule is CP(C)(=O)C(F)(F)c1ccc(CC(c2ccccc2)c2noc(-c3ccccc3)n2)cc1Br. The van der Waals surface area contributed by atoms with Crippen molar-refractivity contribution in [2.75, 3.05) is 13.3 Å². The number of alkyl halides is 2. The minimum atomic E-state index is -3.68. The highest BCUT2D eigenvalue weighted by Crippen LogP contribution is 2.61. The zero-order chi connectivity index (χ0) is 23.6. The number of hydrogen-bond donors (Lipinski definition) is 0. The van der Waals surface area contributed by atoms with Gasteiger partial charge >= 0.3 is 5.66 Å². The van der Waals surface area contributed by atoms with Gasteiger partial charge in [-0.1, -0.05) is 81.8 Å². The van der Waals surface area contributed by atoms with Gasteiger partial charge in [-0.15, -0.1) is 0 Å². The fourth-order valence-electron chi connectivity index (χ4n) is 3.57. The zero-order valence-electron chi connectivity index (χ0n) is 18.1. The molecule has 0 bridgehead atoms. The van der Waals surface area contributed by atoms with Crippen molar-refractivity contribution in [1.29, 1.82) is 0 Å². The molecule has 4 nitrogen and oxygen atoms in total. The Morgan fingerprint density at radius 3 is 2.24 bits per heavy atom.